The molecule has 10 rings (SSSR count). The molecule has 0 aliphatic rings. The Morgan fingerprint density at radius 2 is 0.956 bits per heavy atom. The fraction of sp³-hybridized carbons (Fsp3) is 0. The first kappa shape index (κ1) is 24.3. The largest absolute Gasteiger partial charge is 0.309 e. The van der Waals surface area contributed by atoms with Crippen molar-refractivity contribution in [1.82, 2.24) is 18.7 Å². The molecule has 0 bridgehead atoms. The molecular weight excluding hydrogens is 548 g/mol. The molecule has 0 atom stereocenters. The minimum Gasteiger partial charge on any atom is -0.309 e. The average Bonchev–Trinajstić information content (AvgIpc) is 3.76. The third-order valence-electron chi connectivity index (χ3n) is 9.26. The third kappa shape index (κ3) is 3.51. The van der Waals surface area contributed by atoms with E-state index in [-0.39, 0.29) is 0 Å². The fourth-order valence-corrected chi connectivity index (χ4v) is 7.23. The Bertz CT molecular complexity index is 2750. The number of rotatable bonds is 3. The van der Waals surface area contributed by atoms with Crippen molar-refractivity contribution in [3.05, 3.63) is 158 Å². The summed E-state index contributed by atoms with van der Waals surface area (Å²) in [5, 5.41) is 7.50. The van der Waals surface area contributed by atoms with Crippen LogP contribution < -0.4 is 0 Å². The van der Waals surface area contributed by atoms with Gasteiger partial charge in [-0.15, -0.1) is 0 Å². The van der Waals surface area contributed by atoms with Crippen LogP contribution in [0.1, 0.15) is 0 Å². The van der Waals surface area contributed by atoms with Crippen LogP contribution in [0.5, 0.6) is 0 Å². The molecule has 45 heavy (non-hydrogen) atoms. The zero-order chi connectivity index (χ0) is 29.5. The number of benzene rings is 7. The van der Waals surface area contributed by atoms with Crippen molar-refractivity contribution < 1.29 is 0 Å². The first-order valence-electron chi connectivity index (χ1n) is 15.3. The zero-order valence-electron chi connectivity index (χ0n) is 24.3. The van der Waals surface area contributed by atoms with Gasteiger partial charge < -0.3 is 9.13 Å². The molecule has 0 aliphatic carbocycles. The summed E-state index contributed by atoms with van der Waals surface area (Å²) in [6.07, 6.45) is 1.92. The third-order valence-corrected chi connectivity index (χ3v) is 9.26. The summed E-state index contributed by atoms with van der Waals surface area (Å²) in [6, 6.07) is 54.6. The first-order valence-corrected chi connectivity index (χ1v) is 15.3. The lowest BCUT2D eigenvalue weighted by Crippen LogP contribution is -1.96. The molecule has 10 aromatic rings. The maximum Gasteiger partial charge on any atom is 0.100 e. The predicted octanol–water partition coefficient (Wildman–Crippen LogP) is 10.4. The summed E-state index contributed by atoms with van der Waals surface area (Å²) >= 11 is 0. The van der Waals surface area contributed by atoms with E-state index < -0.39 is 0 Å². The van der Waals surface area contributed by atoms with E-state index in [1.165, 1.54) is 54.4 Å². The van der Waals surface area contributed by atoms with Gasteiger partial charge in [-0.05, 0) is 83.6 Å². The van der Waals surface area contributed by atoms with E-state index >= 15 is 0 Å². The summed E-state index contributed by atoms with van der Waals surface area (Å²) in [4.78, 5) is 4.83. The van der Waals surface area contributed by atoms with Crippen molar-refractivity contribution >= 4 is 65.4 Å². The highest BCUT2D eigenvalue weighted by atomic mass is 15.1. The molecule has 0 N–H and O–H groups in total. The lowest BCUT2D eigenvalue weighted by Gasteiger charge is -2.11. The van der Waals surface area contributed by atoms with Crippen molar-refractivity contribution in [1.29, 1.82) is 0 Å². The van der Waals surface area contributed by atoms with Gasteiger partial charge in [-0.1, -0.05) is 78.9 Å². The summed E-state index contributed by atoms with van der Waals surface area (Å²) in [6.45, 7) is 0. The Hall–Kier alpha value is -6.13. The molecule has 7 aromatic carbocycles. The molecule has 0 amide bonds. The SMILES string of the molecule is c1ccc(-n2cnc3cc(-n4c5ccccc5c5cc6c7cc8ccccc8cc7n(-c7ccccc7)c6cc54)ccc32)cc1. The van der Waals surface area contributed by atoms with Gasteiger partial charge in [-0.25, -0.2) is 4.98 Å². The lowest BCUT2D eigenvalue weighted by atomic mass is 10.0. The van der Waals surface area contributed by atoms with Gasteiger partial charge in [0.15, 0.2) is 0 Å². The van der Waals surface area contributed by atoms with E-state index in [2.05, 4.69) is 159 Å². The molecule has 3 heterocycles. The van der Waals surface area contributed by atoms with Crippen molar-refractivity contribution in [2.75, 3.05) is 0 Å². The van der Waals surface area contributed by atoms with Crippen LogP contribution in [0.4, 0.5) is 0 Å². The van der Waals surface area contributed by atoms with E-state index in [0.717, 1.165) is 28.1 Å². The van der Waals surface area contributed by atoms with Crippen LogP contribution in [0.25, 0.3) is 82.5 Å². The van der Waals surface area contributed by atoms with E-state index in [1.807, 2.05) is 12.4 Å². The topological polar surface area (TPSA) is 27.7 Å². The van der Waals surface area contributed by atoms with Gasteiger partial charge in [0.25, 0.3) is 0 Å². The van der Waals surface area contributed by atoms with Crippen LogP contribution in [0.15, 0.2) is 158 Å². The molecule has 210 valence electrons. The Labute approximate surface area is 258 Å². The van der Waals surface area contributed by atoms with Crippen molar-refractivity contribution in [3.8, 4) is 17.1 Å². The molecule has 3 aromatic heterocycles. The number of nitrogens with zero attached hydrogens (tertiary/aromatic N) is 4. The molecule has 4 heteroatoms. The van der Waals surface area contributed by atoms with Crippen LogP contribution >= 0.6 is 0 Å². The second-order valence-electron chi connectivity index (χ2n) is 11.7. The van der Waals surface area contributed by atoms with Gasteiger partial charge in [0.05, 0.1) is 33.1 Å². The van der Waals surface area contributed by atoms with Crippen LogP contribution in [-0.4, -0.2) is 18.7 Å². The second-order valence-corrected chi connectivity index (χ2v) is 11.7. The highest BCUT2D eigenvalue weighted by molar-refractivity contribution is 6.20. The second kappa shape index (κ2) is 9.18. The number of hydrogen-bond donors (Lipinski definition) is 0. The molecule has 0 fully saturated rings. The van der Waals surface area contributed by atoms with Gasteiger partial charge in [0, 0.05) is 38.6 Å². The van der Waals surface area contributed by atoms with Gasteiger partial charge in [-0.3, -0.25) is 4.57 Å². The number of imidazole rings is 1. The number of aromatic nitrogens is 4. The Kier molecular flexibility index (Phi) is 4.96. The van der Waals surface area contributed by atoms with Crippen LogP contribution in [0.2, 0.25) is 0 Å². The summed E-state index contributed by atoms with van der Waals surface area (Å²) in [5.74, 6) is 0. The molecule has 0 spiro atoms. The summed E-state index contributed by atoms with van der Waals surface area (Å²) in [7, 11) is 0. The normalized spacial score (nSPS) is 12.0. The Balaban J connectivity index is 1.30. The van der Waals surface area contributed by atoms with E-state index in [9.17, 15) is 0 Å². The minimum absolute atomic E-state index is 0.966. The fourth-order valence-electron chi connectivity index (χ4n) is 7.23. The van der Waals surface area contributed by atoms with E-state index in [0.29, 0.717) is 0 Å². The van der Waals surface area contributed by atoms with Crippen molar-refractivity contribution in [3.63, 3.8) is 0 Å². The number of fused-ring (bicyclic) bond motifs is 8. The Morgan fingerprint density at radius 1 is 0.356 bits per heavy atom. The summed E-state index contributed by atoms with van der Waals surface area (Å²) in [5.41, 5.74) is 10.2. The van der Waals surface area contributed by atoms with Gasteiger partial charge >= 0.3 is 0 Å². The summed E-state index contributed by atoms with van der Waals surface area (Å²) < 4.78 is 6.97. The van der Waals surface area contributed by atoms with Crippen LogP contribution in [0.3, 0.4) is 0 Å². The lowest BCUT2D eigenvalue weighted by molar-refractivity contribution is 1.09. The molecule has 4 nitrogen and oxygen atoms in total. The zero-order valence-corrected chi connectivity index (χ0v) is 24.3. The highest BCUT2D eigenvalue weighted by Gasteiger charge is 2.19. The molecule has 0 unspecified atom stereocenters. The monoisotopic (exact) mass is 574 g/mol. The molecule has 0 aliphatic heterocycles. The van der Waals surface area contributed by atoms with E-state index in [4.69, 9.17) is 4.98 Å². The van der Waals surface area contributed by atoms with Crippen LogP contribution in [-0.2, 0) is 0 Å². The predicted molar refractivity (Wildman–Crippen MR) is 187 cm³/mol. The quantitative estimate of drug-likeness (QED) is 0.206. The first-order chi connectivity index (χ1) is 22.3. The molecular formula is C41H26N4. The van der Waals surface area contributed by atoms with Gasteiger partial charge in [0.2, 0.25) is 0 Å². The minimum atomic E-state index is 0.966. The Morgan fingerprint density at radius 3 is 1.76 bits per heavy atom. The maximum atomic E-state index is 4.83. The van der Waals surface area contributed by atoms with Crippen molar-refractivity contribution in [2.24, 2.45) is 0 Å². The maximum absolute atomic E-state index is 4.83. The van der Waals surface area contributed by atoms with Crippen LogP contribution in [0, 0.1) is 0 Å². The highest BCUT2D eigenvalue weighted by Crippen LogP contribution is 2.41. The average molecular weight is 575 g/mol. The molecule has 0 saturated heterocycles. The van der Waals surface area contributed by atoms with Crippen molar-refractivity contribution in [2.45, 2.75) is 0 Å². The van der Waals surface area contributed by atoms with Gasteiger partial charge in [-0.2, -0.15) is 0 Å². The van der Waals surface area contributed by atoms with Gasteiger partial charge in [0.1, 0.15) is 6.33 Å². The smallest absolute Gasteiger partial charge is 0.100 e. The number of hydrogen-bond acceptors (Lipinski definition) is 1. The standard InChI is InChI=1S/C41H26N4/c1-3-13-29(14-4-1)43-26-42-36-23-31(19-20-38(36)43)45-37-18-10-9-17-32(37)34-24-35-33-21-27-11-7-8-12-28(27)22-39(33)44(41(35)25-40(34)45)30-15-5-2-6-16-30/h1-26H. The number of para-hydroxylation sites is 3. The molecule has 0 radical (unpaired) electrons. The van der Waals surface area contributed by atoms with E-state index in [1.54, 1.807) is 0 Å². The molecule has 0 saturated carbocycles.